The van der Waals surface area contributed by atoms with Crippen LogP contribution in [0.15, 0.2) is 18.2 Å². The van der Waals surface area contributed by atoms with Gasteiger partial charge in [0.25, 0.3) is 5.91 Å². The van der Waals surface area contributed by atoms with Crippen molar-refractivity contribution in [3.63, 3.8) is 0 Å². The van der Waals surface area contributed by atoms with Crippen molar-refractivity contribution in [2.24, 2.45) is 0 Å². The molecular weight excluding hydrogens is 218 g/mol. The molecule has 1 unspecified atom stereocenters. The summed E-state index contributed by atoms with van der Waals surface area (Å²) in [6.07, 6.45) is -0.542. The Morgan fingerprint density at radius 3 is 2.53 bits per heavy atom. The van der Waals surface area contributed by atoms with Gasteiger partial charge in [0, 0.05) is 6.54 Å². The number of nitrogens with one attached hydrogen (secondary N) is 1. The Balaban J connectivity index is 2.47. The van der Waals surface area contributed by atoms with E-state index < -0.39 is 6.10 Å². The van der Waals surface area contributed by atoms with E-state index in [1.54, 1.807) is 6.92 Å². The average molecular weight is 237 g/mol. The molecule has 0 aliphatic carbocycles. The van der Waals surface area contributed by atoms with E-state index >= 15 is 0 Å². The standard InChI is InChI=1S/C13H19NO3/c1-9-5-4-6-10(2)13(9)17-8-12(16)14-7-11(3)15/h4-6,11,15H,7-8H2,1-3H3,(H,14,16). The minimum Gasteiger partial charge on any atom is -0.483 e. The topological polar surface area (TPSA) is 58.6 Å². The monoisotopic (exact) mass is 237 g/mol. The Labute approximate surface area is 102 Å². The summed E-state index contributed by atoms with van der Waals surface area (Å²) in [5.74, 6) is 0.522. The van der Waals surface area contributed by atoms with Crippen LogP contribution in [0.4, 0.5) is 0 Å². The number of aliphatic hydroxyl groups is 1. The van der Waals surface area contributed by atoms with Crippen LogP contribution >= 0.6 is 0 Å². The van der Waals surface area contributed by atoms with Crippen molar-refractivity contribution in [2.75, 3.05) is 13.2 Å². The van der Waals surface area contributed by atoms with Crippen LogP contribution < -0.4 is 10.1 Å². The molecule has 0 spiro atoms. The fourth-order valence-corrected chi connectivity index (χ4v) is 1.48. The number of carbonyl (C=O) groups is 1. The number of para-hydroxylation sites is 1. The van der Waals surface area contributed by atoms with Gasteiger partial charge in [-0.3, -0.25) is 4.79 Å². The van der Waals surface area contributed by atoms with E-state index in [0.717, 1.165) is 16.9 Å². The molecule has 0 heterocycles. The van der Waals surface area contributed by atoms with Gasteiger partial charge in [-0.05, 0) is 31.9 Å². The molecule has 0 bridgehead atoms. The quantitative estimate of drug-likeness (QED) is 0.808. The first-order valence-corrected chi connectivity index (χ1v) is 5.64. The highest BCUT2D eigenvalue weighted by Gasteiger charge is 2.07. The molecule has 94 valence electrons. The molecule has 0 aliphatic rings. The minimum atomic E-state index is -0.542. The molecule has 0 aliphatic heterocycles. The van der Waals surface area contributed by atoms with Crippen molar-refractivity contribution < 1.29 is 14.6 Å². The summed E-state index contributed by atoms with van der Waals surface area (Å²) in [6.45, 7) is 5.71. The third kappa shape index (κ3) is 4.44. The number of benzene rings is 1. The van der Waals surface area contributed by atoms with E-state index in [4.69, 9.17) is 9.84 Å². The van der Waals surface area contributed by atoms with E-state index in [0.29, 0.717) is 0 Å². The normalized spacial score (nSPS) is 12.0. The first kappa shape index (κ1) is 13.5. The zero-order valence-corrected chi connectivity index (χ0v) is 10.5. The second-order valence-electron chi connectivity index (χ2n) is 4.16. The average Bonchev–Trinajstić information content (AvgIpc) is 2.25. The number of amides is 1. The second-order valence-corrected chi connectivity index (χ2v) is 4.16. The lowest BCUT2D eigenvalue weighted by Gasteiger charge is -2.12. The molecular formula is C13H19NO3. The lowest BCUT2D eigenvalue weighted by atomic mass is 10.1. The molecule has 0 saturated heterocycles. The van der Waals surface area contributed by atoms with E-state index in [-0.39, 0.29) is 19.1 Å². The minimum absolute atomic E-state index is 0.0294. The SMILES string of the molecule is Cc1cccc(C)c1OCC(=O)NCC(C)O. The van der Waals surface area contributed by atoms with Crippen LogP contribution in [0.3, 0.4) is 0 Å². The molecule has 0 fully saturated rings. The summed E-state index contributed by atoms with van der Waals surface area (Å²) >= 11 is 0. The van der Waals surface area contributed by atoms with Crippen molar-refractivity contribution >= 4 is 5.91 Å². The van der Waals surface area contributed by atoms with Gasteiger partial charge in [-0.2, -0.15) is 0 Å². The first-order valence-electron chi connectivity index (χ1n) is 5.64. The summed E-state index contributed by atoms with van der Waals surface area (Å²) in [7, 11) is 0. The van der Waals surface area contributed by atoms with Crippen LogP contribution in [-0.4, -0.2) is 30.3 Å². The Hall–Kier alpha value is -1.55. The summed E-state index contributed by atoms with van der Waals surface area (Å²) < 4.78 is 5.47. The van der Waals surface area contributed by atoms with Crippen molar-refractivity contribution in [1.29, 1.82) is 0 Å². The zero-order valence-electron chi connectivity index (χ0n) is 10.5. The van der Waals surface area contributed by atoms with Crippen molar-refractivity contribution in [1.82, 2.24) is 5.32 Å². The Morgan fingerprint density at radius 1 is 1.41 bits per heavy atom. The molecule has 17 heavy (non-hydrogen) atoms. The van der Waals surface area contributed by atoms with Gasteiger partial charge in [-0.25, -0.2) is 0 Å². The maximum absolute atomic E-state index is 11.4. The predicted octanol–water partition coefficient (Wildman–Crippen LogP) is 1.18. The van der Waals surface area contributed by atoms with Crippen LogP contribution in [0.25, 0.3) is 0 Å². The molecule has 1 rings (SSSR count). The number of ether oxygens (including phenoxy) is 1. The largest absolute Gasteiger partial charge is 0.483 e. The molecule has 1 amide bonds. The highest BCUT2D eigenvalue weighted by atomic mass is 16.5. The van der Waals surface area contributed by atoms with E-state index in [1.807, 2.05) is 32.0 Å². The summed E-state index contributed by atoms with van der Waals surface area (Å²) in [6, 6.07) is 5.83. The maximum atomic E-state index is 11.4. The highest BCUT2D eigenvalue weighted by molar-refractivity contribution is 5.77. The lowest BCUT2D eigenvalue weighted by Crippen LogP contribution is -2.34. The van der Waals surface area contributed by atoms with Gasteiger partial charge in [-0.1, -0.05) is 18.2 Å². The van der Waals surface area contributed by atoms with Gasteiger partial charge in [0.05, 0.1) is 6.10 Å². The maximum Gasteiger partial charge on any atom is 0.258 e. The number of aliphatic hydroxyl groups excluding tert-OH is 1. The smallest absolute Gasteiger partial charge is 0.258 e. The van der Waals surface area contributed by atoms with Crippen molar-refractivity contribution in [2.45, 2.75) is 26.9 Å². The predicted molar refractivity (Wildman–Crippen MR) is 66.1 cm³/mol. The van der Waals surface area contributed by atoms with Gasteiger partial charge < -0.3 is 15.2 Å². The van der Waals surface area contributed by atoms with Gasteiger partial charge in [-0.15, -0.1) is 0 Å². The first-order chi connectivity index (χ1) is 8.00. The van der Waals surface area contributed by atoms with Crippen LogP contribution in [0.5, 0.6) is 5.75 Å². The molecule has 0 radical (unpaired) electrons. The number of hydrogen-bond donors (Lipinski definition) is 2. The van der Waals surface area contributed by atoms with Crippen molar-refractivity contribution in [3.8, 4) is 5.75 Å². The summed E-state index contributed by atoms with van der Waals surface area (Å²) in [5.41, 5.74) is 2.02. The number of carbonyl (C=O) groups excluding carboxylic acids is 1. The zero-order chi connectivity index (χ0) is 12.8. The number of rotatable bonds is 5. The van der Waals surface area contributed by atoms with Crippen LogP contribution in [-0.2, 0) is 4.79 Å². The Morgan fingerprint density at radius 2 is 2.00 bits per heavy atom. The Kier molecular flexibility index (Phi) is 4.97. The molecule has 4 heteroatoms. The van der Waals surface area contributed by atoms with E-state index in [9.17, 15) is 4.79 Å². The third-order valence-electron chi connectivity index (χ3n) is 2.35. The van der Waals surface area contributed by atoms with Crippen LogP contribution in [0.1, 0.15) is 18.1 Å². The fraction of sp³-hybridized carbons (Fsp3) is 0.462. The molecule has 1 aromatic rings. The van der Waals surface area contributed by atoms with E-state index in [2.05, 4.69) is 5.32 Å². The van der Waals surface area contributed by atoms with Gasteiger partial charge in [0.2, 0.25) is 0 Å². The van der Waals surface area contributed by atoms with Crippen LogP contribution in [0, 0.1) is 13.8 Å². The molecule has 1 aromatic carbocycles. The fourth-order valence-electron chi connectivity index (χ4n) is 1.48. The van der Waals surface area contributed by atoms with Gasteiger partial charge >= 0.3 is 0 Å². The molecule has 1 atom stereocenters. The number of hydrogen-bond acceptors (Lipinski definition) is 3. The van der Waals surface area contributed by atoms with Gasteiger partial charge in [0.15, 0.2) is 6.61 Å². The molecule has 0 saturated carbocycles. The van der Waals surface area contributed by atoms with E-state index in [1.165, 1.54) is 0 Å². The number of aryl methyl sites for hydroxylation is 2. The molecule has 0 aromatic heterocycles. The lowest BCUT2D eigenvalue weighted by molar-refractivity contribution is -0.123. The second kappa shape index (κ2) is 6.25. The highest BCUT2D eigenvalue weighted by Crippen LogP contribution is 2.21. The Bertz CT molecular complexity index is 368. The van der Waals surface area contributed by atoms with Crippen LogP contribution in [0.2, 0.25) is 0 Å². The summed E-state index contributed by atoms with van der Waals surface area (Å²) in [4.78, 5) is 11.4. The summed E-state index contributed by atoms with van der Waals surface area (Å²) in [5, 5.41) is 11.6. The molecule has 4 nitrogen and oxygen atoms in total. The third-order valence-corrected chi connectivity index (χ3v) is 2.35. The van der Waals surface area contributed by atoms with Gasteiger partial charge in [0.1, 0.15) is 5.75 Å². The van der Waals surface area contributed by atoms with Crippen molar-refractivity contribution in [3.05, 3.63) is 29.3 Å². The molecule has 2 N–H and O–H groups in total.